The van der Waals surface area contributed by atoms with E-state index in [0.717, 1.165) is 11.1 Å². The highest BCUT2D eigenvalue weighted by Gasteiger charge is 2.11. The molecule has 0 fully saturated rings. The Kier molecular flexibility index (Phi) is 7.59. The Morgan fingerprint density at radius 1 is 0.816 bits per heavy atom. The average Bonchev–Trinajstić information content (AvgIpc) is 2.93. The summed E-state index contributed by atoms with van der Waals surface area (Å²) in [5.41, 5.74) is 3.06. The van der Waals surface area contributed by atoms with E-state index in [0.29, 0.717) is 44.5 Å². The molecule has 5 rings (SSSR count). The fourth-order valence-electron chi connectivity index (χ4n) is 3.74. The summed E-state index contributed by atoms with van der Waals surface area (Å²) in [6.07, 6.45) is 4.36. The van der Waals surface area contributed by atoms with Crippen molar-refractivity contribution in [2.45, 2.75) is 6.61 Å². The van der Waals surface area contributed by atoms with Crippen LogP contribution in [-0.4, -0.2) is 5.97 Å². The summed E-state index contributed by atoms with van der Waals surface area (Å²) < 4.78 is 16.8. The number of hydrogen-bond acceptors (Lipinski definition) is 5. The molecule has 188 valence electrons. The molecule has 4 aromatic carbocycles. The Bertz CT molecular complexity index is 1670. The van der Waals surface area contributed by atoms with Gasteiger partial charge in [-0.1, -0.05) is 59.6 Å². The monoisotopic (exact) mass is 542 g/mol. The summed E-state index contributed by atoms with van der Waals surface area (Å²) in [4.78, 5) is 25.3. The van der Waals surface area contributed by atoms with E-state index in [1.54, 1.807) is 42.5 Å². The van der Waals surface area contributed by atoms with Crippen molar-refractivity contribution >= 4 is 46.2 Å². The summed E-state index contributed by atoms with van der Waals surface area (Å²) in [7, 11) is 0. The van der Waals surface area contributed by atoms with Crippen LogP contribution in [0.4, 0.5) is 0 Å². The molecule has 0 amide bonds. The molecule has 5 nitrogen and oxygen atoms in total. The molecule has 0 aliphatic rings. The second kappa shape index (κ2) is 11.4. The molecular formula is C31H20Cl2O5. The third kappa shape index (κ3) is 6.14. The molecule has 1 heterocycles. The Labute approximate surface area is 228 Å². The zero-order valence-corrected chi connectivity index (χ0v) is 21.4. The minimum absolute atomic E-state index is 0.188. The van der Waals surface area contributed by atoms with E-state index in [1.807, 2.05) is 48.5 Å². The van der Waals surface area contributed by atoms with Gasteiger partial charge in [0.1, 0.15) is 30.0 Å². The summed E-state index contributed by atoms with van der Waals surface area (Å²) >= 11 is 11.8. The number of carbonyl (C=O) groups is 1. The van der Waals surface area contributed by atoms with Crippen LogP contribution in [0.15, 0.2) is 113 Å². The standard InChI is InChI=1S/C31H20Cl2O5/c32-23-8-1-21(2-9-23)18-36-25-12-3-20(4-13-25)5-16-30(34)38-26-14-15-27-29(17-26)37-19-28(31(27)35)22-6-10-24(33)11-7-22/h1-17,19H,18H2/b16-5+. The predicted molar refractivity (Wildman–Crippen MR) is 150 cm³/mol. The van der Waals surface area contributed by atoms with Crippen molar-refractivity contribution in [3.05, 3.63) is 135 Å². The molecule has 5 aromatic rings. The van der Waals surface area contributed by atoms with Crippen LogP contribution < -0.4 is 14.9 Å². The highest BCUT2D eigenvalue weighted by Crippen LogP contribution is 2.24. The largest absolute Gasteiger partial charge is 0.489 e. The first-order valence-corrected chi connectivity index (χ1v) is 12.4. The molecule has 0 aliphatic carbocycles. The maximum absolute atomic E-state index is 12.9. The molecular weight excluding hydrogens is 523 g/mol. The maximum Gasteiger partial charge on any atom is 0.336 e. The quantitative estimate of drug-likeness (QED) is 0.118. The van der Waals surface area contributed by atoms with Gasteiger partial charge in [-0.3, -0.25) is 4.79 Å². The van der Waals surface area contributed by atoms with Crippen LogP contribution in [0, 0.1) is 0 Å². The van der Waals surface area contributed by atoms with Crippen LogP contribution in [-0.2, 0) is 11.4 Å². The number of halogens is 2. The van der Waals surface area contributed by atoms with Crippen molar-refractivity contribution in [1.82, 2.24) is 0 Å². The summed E-state index contributed by atoms with van der Waals surface area (Å²) in [6.45, 7) is 0.424. The second-order valence-corrected chi connectivity index (χ2v) is 9.25. The van der Waals surface area contributed by atoms with Gasteiger partial charge in [-0.15, -0.1) is 0 Å². The molecule has 0 N–H and O–H groups in total. The smallest absolute Gasteiger partial charge is 0.336 e. The van der Waals surface area contributed by atoms with Gasteiger partial charge in [-0.2, -0.15) is 0 Å². The van der Waals surface area contributed by atoms with Gasteiger partial charge in [-0.25, -0.2) is 4.79 Å². The molecule has 0 unspecified atom stereocenters. The number of fused-ring (bicyclic) bond motifs is 1. The fraction of sp³-hybridized carbons (Fsp3) is 0.0323. The molecule has 0 aliphatic heterocycles. The minimum atomic E-state index is -0.562. The third-order valence-corrected chi connectivity index (χ3v) is 6.23. The molecule has 0 atom stereocenters. The van der Waals surface area contributed by atoms with E-state index in [2.05, 4.69) is 0 Å². The molecule has 0 spiro atoms. The Balaban J connectivity index is 1.21. The lowest BCUT2D eigenvalue weighted by Gasteiger charge is -2.07. The van der Waals surface area contributed by atoms with E-state index in [-0.39, 0.29) is 11.2 Å². The number of carbonyl (C=O) groups excluding carboxylic acids is 1. The average molecular weight is 543 g/mol. The van der Waals surface area contributed by atoms with E-state index in [1.165, 1.54) is 18.4 Å². The summed E-state index contributed by atoms with van der Waals surface area (Å²) in [5.74, 6) is 0.407. The molecule has 1 aromatic heterocycles. The normalized spacial score (nSPS) is 11.1. The molecule has 38 heavy (non-hydrogen) atoms. The minimum Gasteiger partial charge on any atom is -0.489 e. The van der Waals surface area contributed by atoms with Crippen molar-refractivity contribution in [2.75, 3.05) is 0 Å². The van der Waals surface area contributed by atoms with Gasteiger partial charge in [0.15, 0.2) is 5.43 Å². The lowest BCUT2D eigenvalue weighted by Crippen LogP contribution is -2.06. The van der Waals surface area contributed by atoms with Gasteiger partial charge in [0, 0.05) is 22.2 Å². The zero-order valence-electron chi connectivity index (χ0n) is 19.9. The second-order valence-electron chi connectivity index (χ2n) is 8.38. The van der Waals surface area contributed by atoms with Crippen molar-refractivity contribution in [3.8, 4) is 22.6 Å². The van der Waals surface area contributed by atoms with Crippen LogP contribution in [0.2, 0.25) is 10.0 Å². The SMILES string of the molecule is O=C(/C=C/c1ccc(OCc2ccc(Cl)cc2)cc1)Oc1ccc2c(=O)c(-c3ccc(Cl)cc3)coc2c1. The predicted octanol–water partition coefficient (Wildman–Crippen LogP) is 7.96. The van der Waals surface area contributed by atoms with Crippen LogP contribution in [0.1, 0.15) is 11.1 Å². The first-order valence-electron chi connectivity index (χ1n) is 11.6. The van der Waals surface area contributed by atoms with Crippen LogP contribution in [0.25, 0.3) is 28.2 Å². The van der Waals surface area contributed by atoms with E-state index >= 15 is 0 Å². The van der Waals surface area contributed by atoms with Crippen LogP contribution in [0.3, 0.4) is 0 Å². The fourth-order valence-corrected chi connectivity index (χ4v) is 3.99. The Morgan fingerprint density at radius 2 is 1.47 bits per heavy atom. The summed E-state index contributed by atoms with van der Waals surface area (Å²) in [6, 6.07) is 26.4. The Hall–Kier alpha value is -4.32. The number of esters is 1. The topological polar surface area (TPSA) is 65.7 Å². The van der Waals surface area contributed by atoms with Crippen molar-refractivity contribution in [3.63, 3.8) is 0 Å². The van der Waals surface area contributed by atoms with Crippen LogP contribution in [0.5, 0.6) is 11.5 Å². The molecule has 0 bridgehead atoms. The highest BCUT2D eigenvalue weighted by molar-refractivity contribution is 6.30. The summed E-state index contributed by atoms with van der Waals surface area (Å²) in [5, 5.41) is 1.64. The van der Waals surface area contributed by atoms with Crippen molar-refractivity contribution in [2.24, 2.45) is 0 Å². The highest BCUT2D eigenvalue weighted by atomic mass is 35.5. The maximum atomic E-state index is 12.9. The van der Waals surface area contributed by atoms with Gasteiger partial charge < -0.3 is 13.9 Å². The van der Waals surface area contributed by atoms with Crippen molar-refractivity contribution < 1.29 is 18.7 Å². The zero-order chi connectivity index (χ0) is 26.5. The lowest BCUT2D eigenvalue weighted by molar-refractivity contribution is -0.128. The van der Waals surface area contributed by atoms with E-state index in [4.69, 9.17) is 37.1 Å². The van der Waals surface area contributed by atoms with Gasteiger partial charge in [0.25, 0.3) is 0 Å². The third-order valence-electron chi connectivity index (χ3n) is 5.73. The number of ether oxygens (including phenoxy) is 2. The first-order chi connectivity index (χ1) is 18.4. The molecule has 0 radical (unpaired) electrons. The van der Waals surface area contributed by atoms with Gasteiger partial charge in [-0.05, 0) is 71.3 Å². The first kappa shape index (κ1) is 25.3. The molecule has 7 heteroatoms. The molecule has 0 saturated carbocycles. The number of benzene rings is 4. The Morgan fingerprint density at radius 3 is 2.18 bits per heavy atom. The van der Waals surface area contributed by atoms with Crippen LogP contribution >= 0.6 is 23.2 Å². The number of rotatable bonds is 7. The molecule has 0 saturated heterocycles. The van der Waals surface area contributed by atoms with Gasteiger partial charge >= 0.3 is 5.97 Å². The van der Waals surface area contributed by atoms with E-state index < -0.39 is 5.97 Å². The van der Waals surface area contributed by atoms with E-state index in [9.17, 15) is 9.59 Å². The number of hydrogen-bond donors (Lipinski definition) is 0. The van der Waals surface area contributed by atoms with Gasteiger partial charge in [0.05, 0.1) is 10.9 Å². The van der Waals surface area contributed by atoms with Crippen molar-refractivity contribution in [1.29, 1.82) is 0 Å². The van der Waals surface area contributed by atoms with Gasteiger partial charge in [0.2, 0.25) is 0 Å². The lowest BCUT2D eigenvalue weighted by atomic mass is 10.1.